The molecular weight excluding hydrogens is 320 g/mol. The second-order valence-corrected chi connectivity index (χ2v) is 4.98. The number of rotatable bonds is 5. The minimum Gasteiger partial charge on any atom is -0.345 e. The van der Waals surface area contributed by atoms with Crippen LogP contribution in [0.4, 0.5) is 5.82 Å². The van der Waals surface area contributed by atoms with Gasteiger partial charge in [-0.1, -0.05) is 24.1 Å². The van der Waals surface area contributed by atoms with Gasteiger partial charge in [-0.2, -0.15) is 5.10 Å². The summed E-state index contributed by atoms with van der Waals surface area (Å²) in [5.41, 5.74) is 10.0. The Labute approximate surface area is 142 Å². The highest BCUT2D eigenvalue weighted by atomic mass is 16.1. The summed E-state index contributed by atoms with van der Waals surface area (Å²) >= 11 is 0. The SMILES string of the molecule is C#CCNC(=O)Cc1cccc2cn(-c3nccnc3N=[N+]=[N-])nc12. The van der Waals surface area contributed by atoms with Crippen LogP contribution in [0.1, 0.15) is 5.56 Å². The molecule has 122 valence electrons. The Morgan fingerprint density at radius 1 is 1.40 bits per heavy atom. The largest absolute Gasteiger partial charge is 0.345 e. The Hall–Kier alpha value is -3.89. The first-order chi connectivity index (χ1) is 12.2. The number of hydrogen-bond donors (Lipinski definition) is 1. The molecule has 0 aliphatic rings. The van der Waals surface area contributed by atoms with Gasteiger partial charge in [0.1, 0.15) is 0 Å². The van der Waals surface area contributed by atoms with Gasteiger partial charge in [0.05, 0.1) is 18.5 Å². The van der Waals surface area contributed by atoms with Crippen molar-refractivity contribution < 1.29 is 4.79 Å². The van der Waals surface area contributed by atoms with Crippen LogP contribution >= 0.6 is 0 Å². The van der Waals surface area contributed by atoms with E-state index >= 15 is 0 Å². The fraction of sp³-hybridized carbons (Fsp3) is 0.125. The van der Waals surface area contributed by atoms with Crippen molar-refractivity contribution in [1.29, 1.82) is 0 Å². The molecular formula is C16H12N8O. The third kappa shape index (κ3) is 3.39. The van der Waals surface area contributed by atoms with Crippen LogP contribution in [0.15, 0.2) is 41.9 Å². The van der Waals surface area contributed by atoms with Crippen molar-refractivity contribution in [3.8, 4) is 18.2 Å². The predicted octanol–water partition coefficient (Wildman–Crippen LogP) is 2.05. The van der Waals surface area contributed by atoms with Crippen molar-refractivity contribution in [2.75, 3.05) is 6.54 Å². The summed E-state index contributed by atoms with van der Waals surface area (Å²) in [4.78, 5) is 22.8. The highest BCUT2D eigenvalue weighted by Gasteiger charge is 2.13. The van der Waals surface area contributed by atoms with Gasteiger partial charge in [-0.05, 0) is 16.2 Å². The molecule has 0 aliphatic carbocycles. The molecule has 0 spiro atoms. The first-order valence-corrected chi connectivity index (χ1v) is 7.27. The van der Waals surface area contributed by atoms with E-state index < -0.39 is 0 Å². The number of aromatic nitrogens is 4. The molecule has 0 atom stereocenters. The van der Waals surface area contributed by atoms with Gasteiger partial charge >= 0.3 is 0 Å². The van der Waals surface area contributed by atoms with Crippen molar-refractivity contribution in [3.63, 3.8) is 0 Å². The minimum atomic E-state index is -0.186. The van der Waals surface area contributed by atoms with Crippen molar-refractivity contribution >= 4 is 22.6 Å². The Morgan fingerprint density at radius 2 is 2.24 bits per heavy atom. The van der Waals surface area contributed by atoms with E-state index in [0.29, 0.717) is 11.3 Å². The summed E-state index contributed by atoms with van der Waals surface area (Å²) in [6.45, 7) is 0.179. The summed E-state index contributed by atoms with van der Waals surface area (Å²) in [5.74, 6) is 2.59. The van der Waals surface area contributed by atoms with Crippen molar-refractivity contribution in [1.82, 2.24) is 25.1 Å². The molecule has 0 aliphatic heterocycles. The molecule has 0 bridgehead atoms. The van der Waals surface area contributed by atoms with Gasteiger partial charge < -0.3 is 5.32 Å². The monoisotopic (exact) mass is 332 g/mol. The highest BCUT2D eigenvalue weighted by Crippen LogP contribution is 2.23. The third-order valence-corrected chi connectivity index (χ3v) is 3.38. The third-order valence-electron chi connectivity index (χ3n) is 3.38. The molecule has 0 radical (unpaired) electrons. The summed E-state index contributed by atoms with van der Waals surface area (Å²) in [6.07, 6.45) is 9.93. The molecule has 0 saturated carbocycles. The lowest BCUT2D eigenvalue weighted by Crippen LogP contribution is -2.25. The maximum Gasteiger partial charge on any atom is 0.225 e. The summed E-state index contributed by atoms with van der Waals surface area (Å²) < 4.78 is 1.48. The van der Waals surface area contributed by atoms with Crippen molar-refractivity contribution in [3.05, 3.63) is 52.8 Å². The average molecular weight is 332 g/mol. The van der Waals surface area contributed by atoms with Gasteiger partial charge in [0.15, 0.2) is 11.6 Å². The Bertz CT molecular complexity index is 1030. The number of terminal acetylenes is 1. The number of nitrogens with one attached hydrogen (secondary N) is 1. The van der Waals surface area contributed by atoms with E-state index in [1.54, 1.807) is 6.20 Å². The van der Waals surface area contributed by atoms with E-state index in [4.69, 9.17) is 12.0 Å². The van der Waals surface area contributed by atoms with E-state index in [-0.39, 0.29) is 24.7 Å². The Balaban J connectivity index is 2.01. The van der Waals surface area contributed by atoms with Crippen LogP contribution in [-0.4, -0.2) is 32.2 Å². The highest BCUT2D eigenvalue weighted by molar-refractivity contribution is 5.87. The van der Waals surface area contributed by atoms with Gasteiger partial charge in [-0.3, -0.25) is 4.79 Å². The number of fused-ring (bicyclic) bond motifs is 1. The second kappa shape index (κ2) is 7.12. The zero-order valence-corrected chi connectivity index (χ0v) is 13.0. The van der Waals surface area contributed by atoms with Crippen LogP contribution in [0.2, 0.25) is 0 Å². The quantitative estimate of drug-likeness (QED) is 0.332. The minimum absolute atomic E-state index is 0.117. The van der Waals surface area contributed by atoms with Gasteiger partial charge in [-0.15, -0.1) is 6.42 Å². The molecule has 9 nitrogen and oxygen atoms in total. The van der Waals surface area contributed by atoms with E-state index in [0.717, 1.165) is 10.9 Å². The lowest BCUT2D eigenvalue weighted by Gasteiger charge is -2.03. The van der Waals surface area contributed by atoms with Crippen LogP contribution in [0.3, 0.4) is 0 Å². The number of amides is 1. The summed E-state index contributed by atoms with van der Waals surface area (Å²) in [7, 11) is 0. The van der Waals surface area contributed by atoms with Crippen LogP contribution in [-0.2, 0) is 11.2 Å². The van der Waals surface area contributed by atoms with Crippen LogP contribution in [0.25, 0.3) is 27.2 Å². The standard InChI is InChI=1S/C16H12N8O/c1-2-6-18-13(25)9-11-4-3-5-12-10-24(22-14(11)12)16-15(21-23-17)19-7-8-20-16/h1,3-5,7-8,10H,6,9H2,(H,18,25). The average Bonchev–Trinajstić information content (AvgIpc) is 3.06. The van der Waals surface area contributed by atoms with Crippen LogP contribution in [0.5, 0.6) is 0 Å². The second-order valence-electron chi connectivity index (χ2n) is 4.98. The van der Waals surface area contributed by atoms with E-state index in [2.05, 4.69) is 36.3 Å². The number of nitrogens with zero attached hydrogens (tertiary/aromatic N) is 7. The van der Waals surface area contributed by atoms with Gasteiger partial charge in [0, 0.05) is 28.9 Å². The molecule has 1 aromatic carbocycles. The number of hydrogen-bond acceptors (Lipinski definition) is 5. The Morgan fingerprint density at radius 3 is 3.04 bits per heavy atom. The lowest BCUT2D eigenvalue weighted by molar-refractivity contribution is -0.120. The predicted molar refractivity (Wildman–Crippen MR) is 91.0 cm³/mol. The molecule has 3 aromatic rings. The van der Waals surface area contributed by atoms with Gasteiger partial charge in [-0.25, -0.2) is 14.6 Å². The topological polar surface area (TPSA) is 121 Å². The molecule has 25 heavy (non-hydrogen) atoms. The maximum atomic E-state index is 11.9. The van der Waals surface area contributed by atoms with Crippen LogP contribution < -0.4 is 5.32 Å². The van der Waals surface area contributed by atoms with Gasteiger partial charge in [0.25, 0.3) is 0 Å². The van der Waals surface area contributed by atoms with Crippen molar-refractivity contribution in [2.24, 2.45) is 5.11 Å². The lowest BCUT2D eigenvalue weighted by atomic mass is 10.1. The number of benzene rings is 1. The Kier molecular flexibility index (Phi) is 4.55. The van der Waals surface area contributed by atoms with Crippen LogP contribution in [0, 0.1) is 12.3 Å². The van der Waals surface area contributed by atoms with Crippen molar-refractivity contribution in [2.45, 2.75) is 6.42 Å². The molecule has 0 unspecified atom stereocenters. The zero-order valence-electron chi connectivity index (χ0n) is 13.0. The summed E-state index contributed by atoms with van der Waals surface area (Å²) in [6, 6.07) is 5.52. The number of carbonyl (C=O) groups excluding carboxylic acids is 1. The smallest absolute Gasteiger partial charge is 0.225 e. The fourth-order valence-electron chi connectivity index (χ4n) is 2.34. The zero-order chi connectivity index (χ0) is 17.6. The first-order valence-electron chi connectivity index (χ1n) is 7.27. The molecule has 1 amide bonds. The molecule has 0 fully saturated rings. The number of carbonyl (C=O) groups is 1. The first kappa shape index (κ1) is 16.0. The fourth-order valence-corrected chi connectivity index (χ4v) is 2.34. The molecule has 9 heteroatoms. The van der Waals surface area contributed by atoms with E-state index in [1.807, 2.05) is 18.2 Å². The normalized spacial score (nSPS) is 10.0. The molecule has 2 aromatic heterocycles. The molecule has 1 N–H and O–H groups in total. The maximum absolute atomic E-state index is 11.9. The molecule has 2 heterocycles. The molecule has 0 saturated heterocycles. The number of azide groups is 1. The molecule has 3 rings (SSSR count). The van der Waals surface area contributed by atoms with Gasteiger partial charge in [0.2, 0.25) is 5.91 Å². The summed E-state index contributed by atoms with van der Waals surface area (Å²) in [5, 5.41) is 11.4. The van der Waals surface area contributed by atoms with E-state index in [1.165, 1.54) is 17.1 Å². The van der Waals surface area contributed by atoms with E-state index in [9.17, 15) is 4.79 Å².